The zero-order chi connectivity index (χ0) is 42.0. The summed E-state index contributed by atoms with van der Waals surface area (Å²) < 4.78 is 23.2. The summed E-state index contributed by atoms with van der Waals surface area (Å²) in [6, 6.07) is 37.3. The standard InChI is InChI=1S/C54H66O6/c1-3-5-7-9-11-13-15-17-19-40-57-49-36-32-45(33-37-49)43-24-28-47(29-25-43)53(55)59-51-22-21-23-52(42-51)60-54(56)48-30-26-44(27-31-48)46-34-38-50(39-35-46)58-41-20-18-16-14-12-10-8-6-4-2/h21-39,42H,3-20,40-41H2,1-2H3. The molecule has 0 unspecified atom stereocenters. The molecule has 5 rings (SSSR count). The van der Waals surface area contributed by atoms with Gasteiger partial charge in [0.15, 0.2) is 0 Å². The molecule has 0 spiro atoms. The van der Waals surface area contributed by atoms with Crippen LogP contribution in [0.3, 0.4) is 0 Å². The van der Waals surface area contributed by atoms with Crippen molar-refractivity contribution < 1.29 is 28.5 Å². The van der Waals surface area contributed by atoms with Crippen molar-refractivity contribution in [1.29, 1.82) is 0 Å². The van der Waals surface area contributed by atoms with Crippen molar-refractivity contribution in [3.8, 4) is 45.3 Å². The van der Waals surface area contributed by atoms with Crippen molar-refractivity contribution in [3.63, 3.8) is 0 Å². The summed E-state index contributed by atoms with van der Waals surface area (Å²) in [6.07, 6.45) is 23.3. The Morgan fingerprint density at radius 2 is 0.650 bits per heavy atom. The molecule has 0 aliphatic carbocycles. The van der Waals surface area contributed by atoms with Crippen LogP contribution in [-0.4, -0.2) is 25.2 Å². The average molecular weight is 811 g/mol. The highest BCUT2D eigenvalue weighted by Gasteiger charge is 2.13. The zero-order valence-corrected chi connectivity index (χ0v) is 36.1. The third-order valence-electron chi connectivity index (χ3n) is 10.9. The quantitative estimate of drug-likeness (QED) is 0.0285. The van der Waals surface area contributed by atoms with Crippen LogP contribution < -0.4 is 18.9 Å². The van der Waals surface area contributed by atoms with E-state index < -0.39 is 11.9 Å². The van der Waals surface area contributed by atoms with E-state index in [1.807, 2.05) is 72.8 Å². The Hall–Kier alpha value is -5.36. The van der Waals surface area contributed by atoms with Crippen molar-refractivity contribution in [1.82, 2.24) is 0 Å². The number of benzene rings is 5. The van der Waals surface area contributed by atoms with Crippen LogP contribution in [0.2, 0.25) is 0 Å². The first-order valence-corrected chi connectivity index (χ1v) is 22.7. The van der Waals surface area contributed by atoms with E-state index in [0.29, 0.717) is 11.1 Å². The molecule has 6 nitrogen and oxygen atoms in total. The van der Waals surface area contributed by atoms with Crippen molar-refractivity contribution in [2.75, 3.05) is 13.2 Å². The predicted molar refractivity (Wildman–Crippen MR) is 246 cm³/mol. The first kappa shape index (κ1) is 45.7. The number of carbonyl (C=O) groups excluding carboxylic acids is 2. The maximum Gasteiger partial charge on any atom is 0.343 e. The number of unbranched alkanes of at least 4 members (excludes halogenated alkanes) is 16. The fourth-order valence-electron chi connectivity index (χ4n) is 7.22. The van der Waals surface area contributed by atoms with E-state index in [0.717, 1.165) is 59.8 Å². The van der Waals surface area contributed by atoms with Crippen molar-refractivity contribution in [2.45, 2.75) is 129 Å². The Morgan fingerprint density at radius 1 is 0.350 bits per heavy atom. The lowest BCUT2D eigenvalue weighted by Crippen LogP contribution is -2.10. The van der Waals surface area contributed by atoms with Gasteiger partial charge in [-0.15, -0.1) is 0 Å². The Kier molecular flexibility index (Phi) is 20.3. The molecule has 0 bridgehead atoms. The second kappa shape index (κ2) is 26.7. The number of ether oxygens (including phenoxy) is 4. The molecule has 0 aliphatic rings. The molecule has 0 saturated heterocycles. The zero-order valence-electron chi connectivity index (χ0n) is 36.1. The summed E-state index contributed by atoms with van der Waals surface area (Å²) in [5.74, 6) is 1.29. The number of esters is 2. The smallest absolute Gasteiger partial charge is 0.343 e. The topological polar surface area (TPSA) is 71.1 Å². The Balaban J connectivity index is 1.01. The van der Waals surface area contributed by atoms with E-state index in [4.69, 9.17) is 18.9 Å². The molecule has 0 aromatic heterocycles. The Labute approximate surface area is 359 Å². The minimum absolute atomic E-state index is 0.281. The third kappa shape index (κ3) is 16.4. The second-order valence-corrected chi connectivity index (χ2v) is 15.8. The van der Waals surface area contributed by atoms with Gasteiger partial charge >= 0.3 is 11.9 Å². The molecule has 0 N–H and O–H groups in total. The van der Waals surface area contributed by atoms with Crippen LogP contribution in [0.5, 0.6) is 23.0 Å². The molecule has 0 saturated carbocycles. The molecule has 5 aromatic carbocycles. The molecule has 0 fully saturated rings. The molecule has 0 aliphatic heterocycles. The third-order valence-corrected chi connectivity index (χ3v) is 10.9. The highest BCUT2D eigenvalue weighted by molar-refractivity contribution is 5.93. The van der Waals surface area contributed by atoms with Crippen LogP contribution in [0, 0.1) is 0 Å². The maximum absolute atomic E-state index is 13.0. The lowest BCUT2D eigenvalue weighted by molar-refractivity contribution is 0.0733. The van der Waals surface area contributed by atoms with Crippen LogP contribution in [0.4, 0.5) is 0 Å². The van der Waals surface area contributed by atoms with Gasteiger partial charge in [-0.25, -0.2) is 9.59 Å². The summed E-state index contributed by atoms with van der Waals surface area (Å²) in [5.41, 5.74) is 4.88. The summed E-state index contributed by atoms with van der Waals surface area (Å²) in [5, 5.41) is 0. The summed E-state index contributed by atoms with van der Waals surface area (Å²) in [4.78, 5) is 26.1. The van der Waals surface area contributed by atoms with Gasteiger partial charge in [0.1, 0.15) is 23.0 Å². The van der Waals surface area contributed by atoms with Crippen LogP contribution in [0.25, 0.3) is 22.3 Å². The first-order chi connectivity index (χ1) is 29.5. The molecular weight excluding hydrogens is 745 g/mol. The molecule has 318 valence electrons. The predicted octanol–water partition coefficient (Wildman–Crippen LogP) is 15.3. The van der Waals surface area contributed by atoms with Gasteiger partial charge < -0.3 is 18.9 Å². The van der Waals surface area contributed by atoms with Gasteiger partial charge in [0.25, 0.3) is 0 Å². The molecule has 5 aromatic rings. The Morgan fingerprint density at radius 3 is 0.983 bits per heavy atom. The summed E-state index contributed by atoms with van der Waals surface area (Å²) in [6.45, 7) is 5.98. The highest BCUT2D eigenvalue weighted by atomic mass is 16.5. The average Bonchev–Trinajstić information content (AvgIpc) is 3.28. The summed E-state index contributed by atoms with van der Waals surface area (Å²) >= 11 is 0. The fraction of sp³-hybridized carbons (Fsp3) is 0.407. The van der Waals surface area contributed by atoms with Crippen molar-refractivity contribution >= 4 is 11.9 Å². The van der Waals surface area contributed by atoms with Crippen molar-refractivity contribution in [3.05, 3.63) is 132 Å². The first-order valence-electron chi connectivity index (χ1n) is 22.7. The van der Waals surface area contributed by atoms with Gasteiger partial charge in [0, 0.05) is 6.07 Å². The molecular formula is C54H66O6. The van der Waals surface area contributed by atoms with Crippen LogP contribution in [0.1, 0.15) is 150 Å². The lowest BCUT2D eigenvalue weighted by Gasteiger charge is -2.10. The normalized spacial score (nSPS) is 11.0. The minimum Gasteiger partial charge on any atom is -0.494 e. The fourth-order valence-corrected chi connectivity index (χ4v) is 7.22. The van der Waals surface area contributed by atoms with E-state index in [1.54, 1.807) is 42.5 Å². The van der Waals surface area contributed by atoms with Crippen LogP contribution >= 0.6 is 0 Å². The highest BCUT2D eigenvalue weighted by Crippen LogP contribution is 2.27. The van der Waals surface area contributed by atoms with Gasteiger partial charge in [0.05, 0.1) is 24.3 Å². The van der Waals surface area contributed by atoms with E-state index >= 15 is 0 Å². The van der Waals surface area contributed by atoms with E-state index in [9.17, 15) is 9.59 Å². The molecule has 6 heteroatoms. The largest absolute Gasteiger partial charge is 0.494 e. The minimum atomic E-state index is -0.501. The number of rotatable bonds is 28. The molecule has 0 heterocycles. The van der Waals surface area contributed by atoms with E-state index in [-0.39, 0.29) is 11.5 Å². The van der Waals surface area contributed by atoms with Crippen LogP contribution in [-0.2, 0) is 0 Å². The van der Waals surface area contributed by atoms with Gasteiger partial charge in [-0.2, -0.15) is 0 Å². The SMILES string of the molecule is CCCCCCCCCCCOc1ccc(-c2ccc(C(=O)Oc3cccc(OC(=O)c4ccc(-c5ccc(OCCCCCCCCCCC)cc5)cc4)c3)cc2)cc1. The second-order valence-electron chi connectivity index (χ2n) is 15.8. The summed E-state index contributed by atoms with van der Waals surface area (Å²) in [7, 11) is 0. The molecule has 0 atom stereocenters. The maximum atomic E-state index is 13.0. The number of hydrogen-bond donors (Lipinski definition) is 0. The van der Waals surface area contributed by atoms with Crippen molar-refractivity contribution in [2.24, 2.45) is 0 Å². The van der Waals surface area contributed by atoms with Gasteiger partial charge in [-0.1, -0.05) is 171 Å². The van der Waals surface area contributed by atoms with Gasteiger partial charge in [-0.3, -0.25) is 0 Å². The van der Waals surface area contributed by atoms with E-state index in [2.05, 4.69) is 13.8 Å². The van der Waals surface area contributed by atoms with E-state index in [1.165, 1.54) is 109 Å². The lowest BCUT2D eigenvalue weighted by atomic mass is 10.0. The van der Waals surface area contributed by atoms with Crippen LogP contribution in [0.15, 0.2) is 121 Å². The molecule has 60 heavy (non-hydrogen) atoms. The number of hydrogen-bond acceptors (Lipinski definition) is 6. The monoisotopic (exact) mass is 810 g/mol. The van der Waals surface area contributed by atoms with Gasteiger partial charge in [-0.05, 0) is 95.8 Å². The molecule has 0 amide bonds. The van der Waals surface area contributed by atoms with Gasteiger partial charge in [0.2, 0.25) is 0 Å². The Bertz CT molecular complexity index is 1810. The number of carbonyl (C=O) groups is 2. The molecule has 0 radical (unpaired) electrons.